The fourth-order valence-electron chi connectivity index (χ4n) is 1.98. The van der Waals surface area contributed by atoms with Crippen LogP contribution in [0.25, 0.3) is 6.08 Å². The van der Waals surface area contributed by atoms with Gasteiger partial charge >= 0.3 is 6.09 Å². The summed E-state index contributed by atoms with van der Waals surface area (Å²) in [5.41, 5.74) is 2.11. The molecule has 0 spiro atoms. The van der Waals surface area contributed by atoms with Crippen LogP contribution in [0, 0.1) is 5.82 Å². The van der Waals surface area contributed by atoms with Crippen LogP contribution >= 0.6 is 0 Å². The summed E-state index contributed by atoms with van der Waals surface area (Å²) in [6, 6.07) is 13.6. The molecule has 0 atom stereocenters. The molecule has 0 aliphatic rings. The lowest BCUT2D eigenvalue weighted by Gasteiger charge is -2.05. The van der Waals surface area contributed by atoms with Gasteiger partial charge in [-0.3, -0.25) is 0 Å². The number of ether oxygens (including phenoxy) is 1. The van der Waals surface area contributed by atoms with Gasteiger partial charge in [0.2, 0.25) is 0 Å². The molecular formula is C18H18FNO3. The average molecular weight is 315 g/mol. The third-order valence-electron chi connectivity index (χ3n) is 3.15. The van der Waals surface area contributed by atoms with E-state index in [0.717, 1.165) is 5.56 Å². The molecule has 0 fully saturated rings. The zero-order valence-corrected chi connectivity index (χ0v) is 12.5. The average Bonchev–Trinajstić information content (AvgIpc) is 2.58. The van der Waals surface area contributed by atoms with Crippen LogP contribution < -0.4 is 5.32 Å². The number of alkyl carbamates (subject to hydrolysis) is 1. The molecule has 2 aromatic carbocycles. The third kappa shape index (κ3) is 5.56. The van der Waals surface area contributed by atoms with Gasteiger partial charge in [-0.05, 0) is 28.8 Å². The number of benzene rings is 2. The van der Waals surface area contributed by atoms with Crippen LogP contribution in [0.5, 0.6) is 0 Å². The fourth-order valence-corrected chi connectivity index (χ4v) is 1.98. The maximum Gasteiger partial charge on any atom is 0.407 e. The second-order valence-corrected chi connectivity index (χ2v) is 4.85. The first-order valence-electron chi connectivity index (χ1n) is 7.19. The molecule has 2 N–H and O–H groups in total. The molecule has 5 heteroatoms. The molecule has 0 radical (unpaired) electrons. The van der Waals surface area contributed by atoms with Crippen molar-refractivity contribution in [3.63, 3.8) is 0 Å². The summed E-state index contributed by atoms with van der Waals surface area (Å²) in [4.78, 5) is 11.5. The first kappa shape index (κ1) is 16.7. The summed E-state index contributed by atoms with van der Waals surface area (Å²) in [5.74, 6) is -0.395. The lowest BCUT2D eigenvalue weighted by Crippen LogP contribution is -2.24. The van der Waals surface area contributed by atoms with Crippen molar-refractivity contribution in [3.05, 3.63) is 77.1 Å². The Labute approximate surface area is 134 Å². The van der Waals surface area contributed by atoms with Crippen molar-refractivity contribution in [1.82, 2.24) is 5.32 Å². The molecule has 0 heterocycles. The minimum atomic E-state index is -0.514. The molecule has 0 unspecified atom stereocenters. The van der Waals surface area contributed by atoms with E-state index >= 15 is 0 Å². The highest BCUT2D eigenvalue weighted by molar-refractivity contribution is 5.67. The van der Waals surface area contributed by atoms with E-state index in [1.807, 2.05) is 30.3 Å². The van der Waals surface area contributed by atoms with E-state index < -0.39 is 11.9 Å². The van der Waals surface area contributed by atoms with Crippen LogP contribution in [0.15, 0.2) is 54.6 Å². The molecule has 1 amide bonds. The minimum absolute atomic E-state index is 0.211. The van der Waals surface area contributed by atoms with Crippen molar-refractivity contribution >= 4 is 12.2 Å². The monoisotopic (exact) mass is 315 g/mol. The van der Waals surface area contributed by atoms with E-state index in [0.29, 0.717) is 11.1 Å². The molecule has 4 nitrogen and oxygen atoms in total. The van der Waals surface area contributed by atoms with E-state index in [-0.39, 0.29) is 19.8 Å². The summed E-state index contributed by atoms with van der Waals surface area (Å²) in [7, 11) is 0. The number of carbonyl (C=O) groups excluding carboxylic acids is 1. The zero-order chi connectivity index (χ0) is 16.5. The molecule has 0 bridgehead atoms. The lowest BCUT2D eigenvalue weighted by atomic mass is 10.1. The van der Waals surface area contributed by atoms with Gasteiger partial charge in [0.15, 0.2) is 0 Å². The summed E-state index contributed by atoms with van der Waals surface area (Å²) in [6.07, 6.45) is 2.90. The first-order chi connectivity index (χ1) is 11.2. The number of aliphatic hydroxyl groups is 1. The molecule has 2 rings (SSSR count). The molecule has 2 aromatic rings. The van der Waals surface area contributed by atoms with Crippen LogP contribution in [-0.4, -0.2) is 17.7 Å². The molecule has 0 saturated heterocycles. The van der Waals surface area contributed by atoms with Gasteiger partial charge in [-0.15, -0.1) is 0 Å². The SMILES string of the molecule is O=C(NCC=Cc1ccc(F)cc1CO)OCc1ccccc1. The Morgan fingerprint density at radius 3 is 2.74 bits per heavy atom. The quantitative estimate of drug-likeness (QED) is 0.860. The van der Waals surface area contributed by atoms with Crippen molar-refractivity contribution in [2.45, 2.75) is 13.2 Å². The number of aliphatic hydroxyl groups excluding tert-OH is 1. The van der Waals surface area contributed by atoms with Crippen LogP contribution in [0.4, 0.5) is 9.18 Å². The smallest absolute Gasteiger partial charge is 0.407 e. The maximum absolute atomic E-state index is 13.0. The van der Waals surface area contributed by atoms with Crippen molar-refractivity contribution in [2.75, 3.05) is 6.54 Å². The number of rotatable bonds is 6. The summed E-state index contributed by atoms with van der Waals surface area (Å²) >= 11 is 0. The van der Waals surface area contributed by atoms with Crippen LogP contribution in [0.3, 0.4) is 0 Å². The van der Waals surface area contributed by atoms with Gasteiger partial charge < -0.3 is 15.2 Å². The van der Waals surface area contributed by atoms with E-state index in [4.69, 9.17) is 4.74 Å². The van der Waals surface area contributed by atoms with Crippen LogP contribution in [-0.2, 0) is 18.0 Å². The van der Waals surface area contributed by atoms with Gasteiger partial charge in [-0.2, -0.15) is 0 Å². The molecule has 0 aliphatic carbocycles. The van der Waals surface area contributed by atoms with Gasteiger partial charge in [0.25, 0.3) is 0 Å². The Bertz CT molecular complexity index is 671. The second-order valence-electron chi connectivity index (χ2n) is 4.85. The first-order valence-corrected chi connectivity index (χ1v) is 7.19. The molecule has 120 valence electrons. The standard InChI is InChI=1S/C18H18FNO3/c19-17-9-8-15(16(11-17)12-21)7-4-10-20-18(22)23-13-14-5-2-1-3-6-14/h1-9,11,21H,10,12-13H2,(H,20,22). The largest absolute Gasteiger partial charge is 0.445 e. The fraction of sp³-hybridized carbons (Fsp3) is 0.167. The van der Waals surface area contributed by atoms with E-state index in [1.54, 1.807) is 18.2 Å². The van der Waals surface area contributed by atoms with Gasteiger partial charge in [0.1, 0.15) is 12.4 Å². The van der Waals surface area contributed by atoms with Crippen molar-refractivity contribution in [2.24, 2.45) is 0 Å². The van der Waals surface area contributed by atoms with Gasteiger partial charge in [0.05, 0.1) is 6.61 Å². The Hall–Kier alpha value is -2.66. The summed E-state index contributed by atoms with van der Waals surface area (Å²) in [5, 5.41) is 11.8. The number of nitrogens with one attached hydrogen (secondary N) is 1. The molecule has 0 aromatic heterocycles. The zero-order valence-electron chi connectivity index (χ0n) is 12.5. The van der Waals surface area contributed by atoms with Gasteiger partial charge in [-0.25, -0.2) is 9.18 Å². The van der Waals surface area contributed by atoms with E-state index in [9.17, 15) is 14.3 Å². The number of halogens is 1. The predicted molar refractivity (Wildman–Crippen MR) is 86.0 cm³/mol. The van der Waals surface area contributed by atoms with Crippen molar-refractivity contribution in [3.8, 4) is 0 Å². The Balaban J connectivity index is 1.77. The Morgan fingerprint density at radius 1 is 1.22 bits per heavy atom. The highest BCUT2D eigenvalue weighted by Crippen LogP contribution is 2.13. The topological polar surface area (TPSA) is 58.6 Å². The van der Waals surface area contributed by atoms with Gasteiger partial charge in [0, 0.05) is 6.54 Å². The predicted octanol–water partition coefficient (Wildman–Crippen LogP) is 3.26. The highest BCUT2D eigenvalue weighted by Gasteiger charge is 2.02. The van der Waals surface area contributed by atoms with Crippen LogP contribution in [0.2, 0.25) is 0 Å². The maximum atomic E-state index is 13.0. The summed E-state index contributed by atoms with van der Waals surface area (Å²) < 4.78 is 18.1. The highest BCUT2D eigenvalue weighted by atomic mass is 19.1. The van der Waals surface area contributed by atoms with E-state index in [2.05, 4.69) is 5.32 Å². The normalized spacial score (nSPS) is 10.7. The lowest BCUT2D eigenvalue weighted by molar-refractivity contribution is 0.141. The second kappa shape index (κ2) is 8.70. The third-order valence-corrected chi connectivity index (χ3v) is 3.15. The van der Waals surface area contributed by atoms with Crippen molar-refractivity contribution in [1.29, 1.82) is 0 Å². The van der Waals surface area contributed by atoms with Gasteiger partial charge in [-0.1, -0.05) is 48.6 Å². The molecule has 0 aliphatic heterocycles. The number of carbonyl (C=O) groups is 1. The molecule has 23 heavy (non-hydrogen) atoms. The number of hydrogen-bond acceptors (Lipinski definition) is 3. The summed E-state index contributed by atoms with van der Waals surface area (Å²) in [6.45, 7) is 0.239. The van der Waals surface area contributed by atoms with E-state index in [1.165, 1.54) is 12.1 Å². The Morgan fingerprint density at radius 2 is 2.00 bits per heavy atom. The molecule has 0 saturated carbocycles. The number of amides is 1. The Kier molecular flexibility index (Phi) is 6.32. The number of hydrogen-bond donors (Lipinski definition) is 2. The molecular weight excluding hydrogens is 297 g/mol. The van der Waals surface area contributed by atoms with Crippen LogP contribution in [0.1, 0.15) is 16.7 Å². The van der Waals surface area contributed by atoms with Crippen molar-refractivity contribution < 1.29 is 19.0 Å². The minimum Gasteiger partial charge on any atom is -0.445 e.